The van der Waals surface area contributed by atoms with Gasteiger partial charge in [-0.2, -0.15) is 0 Å². The first-order chi connectivity index (χ1) is 17.6. The number of nitrogens with one attached hydrogen (secondary N) is 2. The molecule has 1 atom stereocenters. The van der Waals surface area contributed by atoms with Crippen LogP contribution in [0, 0.1) is 0 Å². The van der Waals surface area contributed by atoms with E-state index in [0.29, 0.717) is 17.0 Å². The Hall–Kier alpha value is -4.08. The zero-order chi connectivity index (χ0) is 28.0. The van der Waals surface area contributed by atoms with Crippen LogP contribution in [0.3, 0.4) is 0 Å². The van der Waals surface area contributed by atoms with Gasteiger partial charge in [-0.25, -0.2) is 19.6 Å². The average molecular weight is 521 g/mol. The van der Waals surface area contributed by atoms with Crippen LogP contribution in [-0.2, 0) is 16.5 Å². The molecule has 0 spiro atoms. The normalized spacial score (nSPS) is 13.0. The molecule has 3 heterocycles. The summed E-state index contributed by atoms with van der Waals surface area (Å²) < 4.78 is 12.9. The molecule has 0 aliphatic rings. The van der Waals surface area contributed by atoms with Crippen molar-refractivity contribution in [1.82, 2.24) is 24.8 Å². The molecule has 2 amide bonds. The lowest BCUT2D eigenvalue weighted by molar-refractivity contribution is 0.0506. The van der Waals surface area contributed by atoms with Gasteiger partial charge in [0.2, 0.25) is 0 Å². The molecule has 202 valence electrons. The number of amides is 2. The Bertz CT molecular complexity index is 1510. The summed E-state index contributed by atoms with van der Waals surface area (Å²) in [6, 6.07) is 9.67. The Balaban J connectivity index is 1.71. The largest absolute Gasteiger partial charge is 0.444 e. The van der Waals surface area contributed by atoms with Crippen molar-refractivity contribution < 1.29 is 19.1 Å². The van der Waals surface area contributed by atoms with Crippen molar-refractivity contribution in [3.63, 3.8) is 0 Å². The molecule has 10 nitrogen and oxygen atoms in total. The lowest BCUT2D eigenvalue weighted by Gasteiger charge is -2.24. The van der Waals surface area contributed by atoms with Gasteiger partial charge >= 0.3 is 12.2 Å². The van der Waals surface area contributed by atoms with Crippen LogP contribution < -0.4 is 10.2 Å². The zero-order valence-corrected chi connectivity index (χ0v) is 23.5. The molecule has 0 aliphatic heterocycles. The predicted octanol–water partition coefficient (Wildman–Crippen LogP) is 6.07. The van der Waals surface area contributed by atoms with Crippen LogP contribution in [0.1, 0.15) is 60.1 Å². The highest BCUT2D eigenvalue weighted by atomic mass is 16.6. The molecule has 0 saturated carbocycles. The fraction of sp³-hybridized carbons (Fsp3) is 0.429. The molecule has 0 bridgehead atoms. The number of benzene rings is 1. The molecule has 10 heteroatoms. The van der Waals surface area contributed by atoms with Crippen molar-refractivity contribution in [3.8, 4) is 11.3 Å². The number of aromatic amines is 1. The number of nitrogens with zero attached hydrogens (tertiary/aromatic N) is 4. The number of fused-ring (bicyclic) bond motifs is 3. The number of aromatic nitrogens is 4. The molecule has 1 unspecified atom stereocenters. The number of hydrogen-bond donors (Lipinski definition) is 2. The van der Waals surface area contributed by atoms with Crippen molar-refractivity contribution >= 4 is 40.1 Å². The smallest absolute Gasteiger partial charge is 0.415 e. The maximum Gasteiger partial charge on any atom is 0.415 e. The molecule has 3 aromatic heterocycles. The van der Waals surface area contributed by atoms with Gasteiger partial charge in [-0.1, -0.05) is 18.2 Å². The van der Waals surface area contributed by atoms with Crippen LogP contribution in [0.2, 0.25) is 0 Å². The summed E-state index contributed by atoms with van der Waals surface area (Å²) in [4.78, 5) is 39.1. The second kappa shape index (κ2) is 9.66. The van der Waals surface area contributed by atoms with Crippen molar-refractivity contribution in [2.24, 2.45) is 7.05 Å². The van der Waals surface area contributed by atoms with E-state index in [9.17, 15) is 9.59 Å². The lowest BCUT2D eigenvalue weighted by Crippen LogP contribution is -2.34. The van der Waals surface area contributed by atoms with E-state index >= 15 is 0 Å². The van der Waals surface area contributed by atoms with Crippen LogP contribution in [0.4, 0.5) is 15.4 Å². The Kier molecular flexibility index (Phi) is 6.86. The standard InChI is InChI=1S/C28H36N6O4/c1-16(30-25(35)37-27(2,3)4)17-11-10-12-18(13-17)20-14-19-22-21(29-15-33(22)8)24(32-23(19)31-20)34(9)26(36)38-28(5,6)7/h10-16H,1-9H3,(H,30,35)(H,31,32). The Morgan fingerprint density at radius 3 is 2.42 bits per heavy atom. The molecule has 0 fully saturated rings. The second-order valence-corrected chi connectivity index (χ2v) is 11.5. The number of ether oxygens (including phenoxy) is 2. The molecule has 0 saturated heterocycles. The van der Waals surface area contributed by atoms with E-state index in [1.165, 1.54) is 4.90 Å². The third-order valence-electron chi connectivity index (χ3n) is 5.83. The van der Waals surface area contributed by atoms with Gasteiger partial charge in [0, 0.05) is 25.2 Å². The number of H-pyrrole nitrogens is 1. The van der Waals surface area contributed by atoms with Gasteiger partial charge < -0.3 is 24.3 Å². The van der Waals surface area contributed by atoms with E-state index < -0.39 is 23.4 Å². The summed E-state index contributed by atoms with van der Waals surface area (Å²) in [5.41, 5.74) is 3.55. The molecule has 0 radical (unpaired) electrons. The van der Waals surface area contributed by atoms with E-state index in [-0.39, 0.29) is 6.04 Å². The van der Waals surface area contributed by atoms with E-state index in [4.69, 9.17) is 14.5 Å². The monoisotopic (exact) mass is 520 g/mol. The Morgan fingerprint density at radius 2 is 1.76 bits per heavy atom. The summed E-state index contributed by atoms with van der Waals surface area (Å²) >= 11 is 0. The number of pyridine rings is 1. The number of aryl methyl sites for hydroxylation is 1. The maximum atomic E-state index is 12.8. The number of carbonyl (C=O) groups excluding carboxylic acids is 2. The van der Waals surface area contributed by atoms with Crippen molar-refractivity contribution in [3.05, 3.63) is 42.2 Å². The van der Waals surface area contributed by atoms with Crippen molar-refractivity contribution in [2.45, 2.75) is 65.7 Å². The third kappa shape index (κ3) is 5.74. The van der Waals surface area contributed by atoms with Crippen LogP contribution in [-0.4, -0.2) is 50.0 Å². The minimum atomic E-state index is -0.640. The van der Waals surface area contributed by atoms with E-state index in [1.54, 1.807) is 13.4 Å². The van der Waals surface area contributed by atoms with Crippen molar-refractivity contribution in [1.29, 1.82) is 0 Å². The number of carbonyl (C=O) groups is 2. The summed E-state index contributed by atoms with van der Waals surface area (Å²) in [7, 11) is 3.53. The van der Waals surface area contributed by atoms with Crippen LogP contribution in [0.25, 0.3) is 33.3 Å². The number of anilines is 1. The Labute approximate surface area is 222 Å². The Morgan fingerprint density at radius 1 is 1.08 bits per heavy atom. The minimum Gasteiger partial charge on any atom is -0.444 e. The number of alkyl carbamates (subject to hydrolysis) is 1. The SMILES string of the molecule is CC(NC(=O)OC(C)(C)C)c1cccc(-c2cc3c(nc(N(C)C(=O)OC(C)(C)C)c4ncn(C)c43)[nH]2)c1. The van der Waals surface area contributed by atoms with Gasteiger partial charge in [-0.3, -0.25) is 4.90 Å². The van der Waals surface area contributed by atoms with Crippen LogP contribution >= 0.6 is 0 Å². The highest BCUT2D eigenvalue weighted by Crippen LogP contribution is 2.34. The molecular weight excluding hydrogens is 484 g/mol. The topological polar surface area (TPSA) is 114 Å². The van der Waals surface area contributed by atoms with Gasteiger partial charge in [0.05, 0.1) is 17.9 Å². The van der Waals surface area contributed by atoms with Gasteiger partial charge in [-0.15, -0.1) is 0 Å². The van der Waals surface area contributed by atoms with Crippen molar-refractivity contribution in [2.75, 3.05) is 11.9 Å². The molecule has 38 heavy (non-hydrogen) atoms. The second-order valence-electron chi connectivity index (χ2n) is 11.5. The average Bonchev–Trinajstić information content (AvgIpc) is 3.39. The van der Waals surface area contributed by atoms with Gasteiger partial charge in [0.15, 0.2) is 5.82 Å². The summed E-state index contributed by atoms with van der Waals surface area (Å²) in [5, 5.41) is 3.76. The zero-order valence-electron chi connectivity index (χ0n) is 23.5. The molecule has 4 aromatic rings. The minimum absolute atomic E-state index is 0.259. The highest BCUT2D eigenvalue weighted by molar-refractivity contribution is 6.09. The van der Waals surface area contributed by atoms with E-state index in [0.717, 1.165) is 27.7 Å². The van der Waals surface area contributed by atoms with Gasteiger partial charge in [-0.05, 0) is 71.7 Å². The van der Waals surface area contributed by atoms with Gasteiger partial charge in [0.25, 0.3) is 0 Å². The first-order valence-electron chi connectivity index (χ1n) is 12.5. The first-order valence-corrected chi connectivity index (χ1v) is 12.5. The third-order valence-corrected chi connectivity index (χ3v) is 5.83. The lowest BCUT2D eigenvalue weighted by atomic mass is 10.0. The number of imidazole rings is 1. The maximum absolute atomic E-state index is 12.8. The molecule has 1 aromatic carbocycles. The fourth-order valence-electron chi connectivity index (χ4n) is 4.13. The first kappa shape index (κ1) is 27.0. The molecule has 4 rings (SSSR count). The van der Waals surface area contributed by atoms with E-state index in [2.05, 4.69) is 15.3 Å². The van der Waals surface area contributed by atoms with Crippen LogP contribution in [0.15, 0.2) is 36.7 Å². The highest BCUT2D eigenvalue weighted by Gasteiger charge is 2.26. The quantitative estimate of drug-likeness (QED) is 0.337. The molecular formula is C28H36N6O4. The number of hydrogen-bond acceptors (Lipinski definition) is 6. The van der Waals surface area contributed by atoms with Crippen LogP contribution in [0.5, 0.6) is 0 Å². The predicted molar refractivity (Wildman–Crippen MR) is 148 cm³/mol. The fourth-order valence-corrected chi connectivity index (χ4v) is 4.13. The summed E-state index contributed by atoms with van der Waals surface area (Å²) in [6.45, 7) is 12.9. The summed E-state index contributed by atoms with van der Waals surface area (Å²) in [6.07, 6.45) is 0.725. The molecule has 2 N–H and O–H groups in total. The molecule has 0 aliphatic carbocycles. The number of rotatable bonds is 4. The summed E-state index contributed by atoms with van der Waals surface area (Å²) in [5.74, 6) is 0.402. The van der Waals surface area contributed by atoms with Gasteiger partial charge in [0.1, 0.15) is 22.4 Å². The van der Waals surface area contributed by atoms with E-state index in [1.807, 2.05) is 90.4 Å².